The number of nitrogens with one attached hydrogen (secondary N) is 2. The Hall–Kier alpha value is -2.99. The summed E-state index contributed by atoms with van der Waals surface area (Å²) in [5, 5.41) is 6.67. The second kappa shape index (κ2) is 8.92. The predicted molar refractivity (Wildman–Crippen MR) is 101 cm³/mol. The van der Waals surface area contributed by atoms with Crippen LogP contribution >= 0.6 is 11.6 Å². The molecule has 2 N–H and O–H groups in total. The van der Waals surface area contributed by atoms with Crippen molar-refractivity contribution in [3.63, 3.8) is 0 Å². The van der Waals surface area contributed by atoms with Crippen LogP contribution in [-0.2, 0) is 13.0 Å². The van der Waals surface area contributed by atoms with Crippen LogP contribution in [0.5, 0.6) is 0 Å². The summed E-state index contributed by atoms with van der Waals surface area (Å²) in [5.74, 6) is 0.259. The fraction of sp³-hybridized carbons (Fsp3) is 0.158. The molecule has 0 spiro atoms. The molecule has 7 heteroatoms. The minimum absolute atomic E-state index is 0.223. The molecule has 3 aromatic rings. The van der Waals surface area contributed by atoms with Crippen molar-refractivity contribution in [2.45, 2.75) is 13.0 Å². The molecule has 132 valence electrons. The minimum atomic E-state index is -0.223. The van der Waals surface area contributed by atoms with E-state index in [-0.39, 0.29) is 5.91 Å². The lowest BCUT2D eigenvalue weighted by molar-refractivity contribution is 0.0950. The first kappa shape index (κ1) is 17.8. The largest absolute Gasteiger partial charge is 0.354 e. The summed E-state index contributed by atoms with van der Waals surface area (Å²) in [4.78, 5) is 24.5. The van der Waals surface area contributed by atoms with E-state index < -0.39 is 0 Å². The number of hydrogen-bond acceptors (Lipinski definition) is 5. The summed E-state index contributed by atoms with van der Waals surface area (Å²) >= 11 is 5.97. The van der Waals surface area contributed by atoms with Gasteiger partial charge in [0.15, 0.2) is 0 Å². The lowest BCUT2D eigenvalue weighted by Crippen LogP contribution is -2.23. The Bertz CT molecular complexity index is 855. The van der Waals surface area contributed by atoms with E-state index in [1.807, 2.05) is 36.4 Å². The third-order valence-corrected chi connectivity index (χ3v) is 3.91. The molecule has 2 aromatic heterocycles. The van der Waals surface area contributed by atoms with Crippen LogP contribution in [0.1, 0.15) is 21.5 Å². The van der Waals surface area contributed by atoms with Gasteiger partial charge in [-0.3, -0.25) is 9.78 Å². The zero-order valence-corrected chi connectivity index (χ0v) is 14.8. The van der Waals surface area contributed by atoms with Gasteiger partial charge in [0.2, 0.25) is 5.95 Å². The quantitative estimate of drug-likeness (QED) is 0.670. The van der Waals surface area contributed by atoms with E-state index in [4.69, 9.17) is 11.6 Å². The monoisotopic (exact) mass is 367 g/mol. The fourth-order valence-electron chi connectivity index (χ4n) is 2.33. The van der Waals surface area contributed by atoms with E-state index in [2.05, 4.69) is 25.6 Å². The van der Waals surface area contributed by atoms with Crippen molar-refractivity contribution < 1.29 is 4.79 Å². The highest BCUT2D eigenvalue weighted by atomic mass is 35.5. The lowest BCUT2D eigenvalue weighted by atomic mass is 10.1. The smallest absolute Gasteiger partial charge is 0.254 e. The Morgan fingerprint density at radius 3 is 2.58 bits per heavy atom. The van der Waals surface area contributed by atoms with E-state index in [9.17, 15) is 4.79 Å². The molecule has 26 heavy (non-hydrogen) atoms. The maximum Gasteiger partial charge on any atom is 0.254 e. The maximum absolute atomic E-state index is 12.1. The van der Waals surface area contributed by atoms with Crippen LogP contribution in [-0.4, -0.2) is 27.4 Å². The van der Waals surface area contributed by atoms with Gasteiger partial charge in [-0.15, -0.1) is 0 Å². The number of halogens is 1. The number of carbonyl (C=O) groups is 1. The highest BCUT2D eigenvalue weighted by Crippen LogP contribution is 2.11. The van der Waals surface area contributed by atoms with Crippen molar-refractivity contribution >= 4 is 23.5 Å². The van der Waals surface area contributed by atoms with Crippen LogP contribution in [0.3, 0.4) is 0 Å². The number of hydrogen-bond donors (Lipinski definition) is 2. The molecule has 0 fully saturated rings. The van der Waals surface area contributed by atoms with Gasteiger partial charge in [-0.1, -0.05) is 29.8 Å². The lowest BCUT2D eigenvalue weighted by Gasteiger charge is -2.07. The Balaban J connectivity index is 1.47. The highest BCUT2D eigenvalue weighted by Gasteiger charge is 2.07. The average Bonchev–Trinajstić information content (AvgIpc) is 2.67. The number of anilines is 1. The van der Waals surface area contributed by atoms with Crippen molar-refractivity contribution in [3.05, 3.63) is 82.9 Å². The average molecular weight is 368 g/mol. The van der Waals surface area contributed by atoms with Crippen molar-refractivity contribution in [1.82, 2.24) is 20.3 Å². The van der Waals surface area contributed by atoms with E-state index in [1.54, 1.807) is 12.4 Å². The van der Waals surface area contributed by atoms with Gasteiger partial charge in [0.25, 0.3) is 5.91 Å². The molecule has 0 atom stereocenters. The van der Waals surface area contributed by atoms with Crippen molar-refractivity contribution in [2.75, 3.05) is 11.9 Å². The summed E-state index contributed by atoms with van der Waals surface area (Å²) in [6.07, 6.45) is 7.22. The van der Waals surface area contributed by atoms with Crippen molar-refractivity contribution in [1.29, 1.82) is 0 Å². The summed E-state index contributed by atoms with van der Waals surface area (Å²) < 4.78 is 0. The van der Waals surface area contributed by atoms with E-state index in [0.29, 0.717) is 24.6 Å². The van der Waals surface area contributed by atoms with Gasteiger partial charge < -0.3 is 10.6 Å². The number of benzene rings is 1. The van der Waals surface area contributed by atoms with Crippen LogP contribution in [0.4, 0.5) is 5.95 Å². The van der Waals surface area contributed by atoms with Gasteiger partial charge in [-0.2, -0.15) is 0 Å². The number of carbonyl (C=O) groups excluding carboxylic acids is 1. The highest BCUT2D eigenvalue weighted by molar-refractivity contribution is 6.30. The maximum atomic E-state index is 12.1. The van der Waals surface area contributed by atoms with Gasteiger partial charge in [-0.05, 0) is 35.7 Å². The number of nitrogens with zero attached hydrogens (tertiary/aromatic N) is 3. The van der Waals surface area contributed by atoms with Crippen LogP contribution in [0.15, 0.2) is 61.2 Å². The molecule has 0 aliphatic carbocycles. The summed E-state index contributed by atoms with van der Waals surface area (Å²) in [6.45, 7) is 1.08. The van der Waals surface area contributed by atoms with Gasteiger partial charge in [0, 0.05) is 42.9 Å². The van der Waals surface area contributed by atoms with Crippen LogP contribution in [0.2, 0.25) is 5.02 Å². The molecule has 0 aliphatic heterocycles. The SMILES string of the molecule is O=C(NCc1cccnc1)c1cnc(NCCc2cccc(Cl)c2)nc1. The Kier molecular flexibility index (Phi) is 6.11. The standard InChI is InChI=1S/C19H18ClN5O/c20-17-5-1-3-14(9-17)6-8-22-19-24-12-16(13-25-19)18(26)23-11-15-4-2-7-21-10-15/h1-5,7,9-10,12-13H,6,8,11H2,(H,23,26)(H,22,24,25). The predicted octanol–water partition coefficient (Wildman–Crippen LogP) is 3.11. The normalized spacial score (nSPS) is 10.3. The summed E-state index contributed by atoms with van der Waals surface area (Å²) in [5.41, 5.74) is 2.48. The summed E-state index contributed by atoms with van der Waals surface area (Å²) in [7, 11) is 0. The third-order valence-electron chi connectivity index (χ3n) is 3.68. The van der Waals surface area contributed by atoms with E-state index in [0.717, 1.165) is 22.6 Å². The van der Waals surface area contributed by atoms with Crippen LogP contribution in [0.25, 0.3) is 0 Å². The molecule has 1 amide bonds. The third kappa shape index (κ3) is 5.26. The van der Waals surface area contributed by atoms with Crippen LogP contribution in [0, 0.1) is 0 Å². The fourth-order valence-corrected chi connectivity index (χ4v) is 2.55. The molecule has 3 rings (SSSR count). The van der Waals surface area contributed by atoms with E-state index in [1.165, 1.54) is 12.4 Å². The number of rotatable bonds is 7. The molecule has 0 aliphatic rings. The zero-order chi connectivity index (χ0) is 18.2. The van der Waals surface area contributed by atoms with Gasteiger partial charge in [0.1, 0.15) is 0 Å². The molecule has 0 radical (unpaired) electrons. The molecular formula is C19H18ClN5O. The molecule has 1 aromatic carbocycles. The minimum Gasteiger partial charge on any atom is -0.354 e. The summed E-state index contributed by atoms with van der Waals surface area (Å²) in [6, 6.07) is 11.4. The number of amides is 1. The number of aromatic nitrogens is 3. The van der Waals surface area contributed by atoms with Gasteiger partial charge in [0.05, 0.1) is 5.56 Å². The second-order valence-electron chi connectivity index (χ2n) is 5.65. The van der Waals surface area contributed by atoms with Gasteiger partial charge >= 0.3 is 0 Å². The first-order valence-corrected chi connectivity index (χ1v) is 8.56. The molecule has 0 bridgehead atoms. The first-order chi connectivity index (χ1) is 12.7. The Labute approximate surface area is 156 Å². The first-order valence-electron chi connectivity index (χ1n) is 8.18. The number of pyridine rings is 1. The molecule has 0 saturated heterocycles. The van der Waals surface area contributed by atoms with Crippen LogP contribution < -0.4 is 10.6 Å². The molecule has 2 heterocycles. The van der Waals surface area contributed by atoms with Gasteiger partial charge in [-0.25, -0.2) is 9.97 Å². The topological polar surface area (TPSA) is 79.8 Å². The molecule has 0 unspecified atom stereocenters. The Morgan fingerprint density at radius 2 is 1.85 bits per heavy atom. The molecular weight excluding hydrogens is 350 g/mol. The zero-order valence-electron chi connectivity index (χ0n) is 14.0. The second-order valence-corrected chi connectivity index (χ2v) is 6.08. The molecule has 6 nitrogen and oxygen atoms in total. The molecule has 0 saturated carbocycles. The van der Waals surface area contributed by atoms with Crippen molar-refractivity contribution in [3.8, 4) is 0 Å². The Morgan fingerprint density at radius 1 is 1.04 bits per heavy atom. The van der Waals surface area contributed by atoms with Crippen molar-refractivity contribution in [2.24, 2.45) is 0 Å². The van der Waals surface area contributed by atoms with E-state index >= 15 is 0 Å².